The van der Waals surface area contributed by atoms with Gasteiger partial charge >= 0.3 is 6.18 Å². The second kappa shape index (κ2) is 8.22. The summed E-state index contributed by atoms with van der Waals surface area (Å²) in [5.74, 6) is -0.738. The molecule has 1 aromatic heterocycles. The Morgan fingerprint density at radius 2 is 1.90 bits per heavy atom. The van der Waals surface area contributed by atoms with Crippen LogP contribution in [-0.4, -0.2) is 20.4 Å². The maximum atomic E-state index is 12.8. The van der Waals surface area contributed by atoms with Crippen LogP contribution < -0.4 is 5.32 Å². The van der Waals surface area contributed by atoms with E-state index in [1.54, 1.807) is 0 Å². The van der Waals surface area contributed by atoms with Gasteiger partial charge in [-0.1, -0.05) is 25.8 Å². The third kappa shape index (κ3) is 5.20. The Labute approximate surface area is 167 Å². The van der Waals surface area contributed by atoms with E-state index in [2.05, 4.69) is 12.2 Å². The highest BCUT2D eigenvalue weighted by Crippen LogP contribution is 2.31. The Morgan fingerprint density at radius 1 is 1.17 bits per heavy atom. The molecule has 1 aliphatic carbocycles. The molecule has 2 atom stereocenters. The summed E-state index contributed by atoms with van der Waals surface area (Å²) in [6, 6.07) is 6.31. The molecular weight excluding hydrogens is 407 g/mol. The summed E-state index contributed by atoms with van der Waals surface area (Å²) in [5.41, 5.74) is -1.04. The van der Waals surface area contributed by atoms with E-state index >= 15 is 0 Å². The normalized spacial score (nSPS) is 20.4. The van der Waals surface area contributed by atoms with Gasteiger partial charge in [0, 0.05) is 6.04 Å². The van der Waals surface area contributed by atoms with E-state index in [0.29, 0.717) is 12.0 Å². The van der Waals surface area contributed by atoms with Crippen LogP contribution in [0.1, 0.15) is 54.5 Å². The molecule has 0 spiro atoms. The molecule has 1 fully saturated rings. The molecule has 1 aliphatic rings. The number of alkyl halides is 3. The number of furan rings is 1. The molecule has 0 aliphatic heterocycles. The highest BCUT2D eigenvalue weighted by atomic mass is 32.2. The lowest BCUT2D eigenvalue weighted by Gasteiger charge is -2.29. The van der Waals surface area contributed by atoms with Gasteiger partial charge in [-0.15, -0.1) is 0 Å². The van der Waals surface area contributed by atoms with Gasteiger partial charge in [-0.05, 0) is 49.1 Å². The molecule has 1 heterocycles. The van der Waals surface area contributed by atoms with Gasteiger partial charge in [0.1, 0.15) is 11.5 Å². The zero-order chi connectivity index (χ0) is 21.2. The zero-order valence-electron chi connectivity index (χ0n) is 15.8. The largest absolute Gasteiger partial charge is 0.455 e. The van der Waals surface area contributed by atoms with E-state index in [4.69, 9.17) is 4.42 Å². The van der Waals surface area contributed by atoms with Gasteiger partial charge in [0.05, 0.1) is 10.5 Å². The molecule has 0 radical (unpaired) electrons. The molecule has 158 valence electrons. The van der Waals surface area contributed by atoms with E-state index in [1.807, 2.05) is 0 Å². The van der Waals surface area contributed by atoms with E-state index in [0.717, 1.165) is 43.9 Å². The smallest absolute Gasteiger partial charge is 0.416 e. The molecule has 2 aromatic rings. The molecule has 0 bridgehead atoms. The molecule has 3 rings (SSSR count). The molecule has 5 nitrogen and oxygen atoms in total. The summed E-state index contributed by atoms with van der Waals surface area (Å²) in [5, 5.41) is 2.91. The predicted molar refractivity (Wildman–Crippen MR) is 99.9 cm³/mol. The first-order chi connectivity index (χ1) is 13.6. The maximum absolute atomic E-state index is 12.8. The summed E-state index contributed by atoms with van der Waals surface area (Å²) < 4.78 is 68.9. The summed E-state index contributed by atoms with van der Waals surface area (Å²) in [7, 11) is -4.07. The van der Waals surface area contributed by atoms with Crippen molar-refractivity contribution in [3.63, 3.8) is 0 Å². The van der Waals surface area contributed by atoms with Crippen molar-refractivity contribution in [2.45, 2.75) is 55.5 Å². The van der Waals surface area contributed by atoms with Crippen LogP contribution in [0.4, 0.5) is 13.2 Å². The number of carbonyl (C=O) groups is 1. The second-order valence-electron chi connectivity index (χ2n) is 7.39. The van der Waals surface area contributed by atoms with Crippen LogP contribution in [0.2, 0.25) is 0 Å². The third-order valence-electron chi connectivity index (χ3n) is 5.17. The Morgan fingerprint density at radius 3 is 2.59 bits per heavy atom. The molecule has 1 amide bonds. The Balaban J connectivity index is 1.71. The van der Waals surface area contributed by atoms with E-state index < -0.39 is 38.1 Å². The van der Waals surface area contributed by atoms with Crippen molar-refractivity contribution >= 4 is 15.7 Å². The number of carbonyl (C=O) groups excluding carboxylic acids is 1. The van der Waals surface area contributed by atoms with Gasteiger partial charge < -0.3 is 9.73 Å². The van der Waals surface area contributed by atoms with Crippen molar-refractivity contribution in [1.82, 2.24) is 5.32 Å². The van der Waals surface area contributed by atoms with Gasteiger partial charge in [-0.2, -0.15) is 13.2 Å². The number of hydrogen-bond donors (Lipinski definition) is 1. The molecule has 1 aromatic carbocycles. The summed E-state index contributed by atoms with van der Waals surface area (Å²) in [4.78, 5) is 11.9. The number of nitrogens with one attached hydrogen (secondary N) is 1. The molecule has 9 heteroatoms. The van der Waals surface area contributed by atoms with Gasteiger partial charge in [0.15, 0.2) is 15.6 Å². The molecule has 1 N–H and O–H groups in total. The van der Waals surface area contributed by atoms with Crippen molar-refractivity contribution in [3.05, 3.63) is 53.5 Å². The van der Waals surface area contributed by atoms with Crippen LogP contribution in [0.25, 0.3) is 0 Å². The van der Waals surface area contributed by atoms with Crippen molar-refractivity contribution in [2.24, 2.45) is 5.92 Å². The average molecular weight is 429 g/mol. The zero-order valence-corrected chi connectivity index (χ0v) is 16.6. The first-order valence-corrected chi connectivity index (χ1v) is 11.0. The van der Waals surface area contributed by atoms with Crippen molar-refractivity contribution < 1.29 is 30.8 Å². The molecular formula is C20H22F3NO4S. The fraction of sp³-hybridized carbons (Fsp3) is 0.450. The number of halogens is 3. The first-order valence-electron chi connectivity index (χ1n) is 9.36. The van der Waals surface area contributed by atoms with Crippen molar-refractivity contribution in [1.29, 1.82) is 0 Å². The van der Waals surface area contributed by atoms with Crippen LogP contribution >= 0.6 is 0 Å². The van der Waals surface area contributed by atoms with Crippen LogP contribution in [-0.2, 0) is 21.8 Å². The van der Waals surface area contributed by atoms with Gasteiger partial charge in [-0.25, -0.2) is 8.42 Å². The number of sulfone groups is 1. The number of hydrogen-bond acceptors (Lipinski definition) is 4. The highest BCUT2D eigenvalue weighted by Gasteiger charge is 2.32. The Bertz CT molecular complexity index is 982. The lowest BCUT2D eigenvalue weighted by atomic mass is 9.86. The van der Waals surface area contributed by atoms with Crippen LogP contribution in [0, 0.1) is 5.92 Å². The van der Waals surface area contributed by atoms with Gasteiger partial charge in [0.25, 0.3) is 5.91 Å². The minimum absolute atomic E-state index is 0.00995. The Hall–Kier alpha value is -2.29. The third-order valence-corrected chi connectivity index (χ3v) is 6.80. The van der Waals surface area contributed by atoms with Gasteiger partial charge in [0.2, 0.25) is 0 Å². The minimum atomic E-state index is -4.64. The van der Waals surface area contributed by atoms with Crippen LogP contribution in [0.15, 0.2) is 45.7 Å². The number of amides is 1. The predicted octanol–water partition coefficient (Wildman–Crippen LogP) is 4.58. The molecule has 29 heavy (non-hydrogen) atoms. The monoisotopic (exact) mass is 429 g/mol. The van der Waals surface area contributed by atoms with Crippen LogP contribution in [0.5, 0.6) is 0 Å². The molecule has 2 unspecified atom stereocenters. The number of rotatable bonds is 5. The van der Waals surface area contributed by atoms with E-state index in [-0.39, 0.29) is 17.6 Å². The average Bonchev–Trinajstić information content (AvgIpc) is 3.11. The molecule has 1 saturated carbocycles. The standard InChI is InChI=1S/C20H22F3NO4S/c1-13-5-2-3-8-17(13)24-19(25)18-10-9-15(28-18)12-29(26,27)16-7-4-6-14(11-16)20(21,22)23/h4,6-7,9-11,13,17H,2-3,5,8,12H2,1H3,(H,24,25). The first kappa shape index (κ1) is 21.4. The van der Waals surface area contributed by atoms with Gasteiger partial charge in [-0.3, -0.25) is 4.79 Å². The topological polar surface area (TPSA) is 76.4 Å². The molecule has 0 saturated heterocycles. The summed E-state index contributed by atoms with van der Waals surface area (Å²) in [6.07, 6.45) is -0.564. The maximum Gasteiger partial charge on any atom is 0.416 e. The minimum Gasteiger partial charge on any atom is -0.455 e. The lowest BCUT2D eigenvalue weighted by molar-refractivity contribution is -0.137. The highest BCUT2D eigenvalue weighted by molar-refractivity contribution is 7.90. The summed E-state index contributed by atoms with van der Waals surface area (Å²) >= 11 is 0. The Kier molecular flexibility index (Phi) is 6.07. The van der Waals surface area contributed by atoms with E-state index in [9.17, 15) is 26.4 Å². The fourth-order valence-corrected chi connectivity index (χ4v) is 4.77. The van der Waals surface area contributed by atoms with Crippen molar-refractivity contribution in [2.75, 3.05) is 0 Å². The van der Waals surface area contributed by atoms with Crippen LogP contribution in [0.3, 0.4) is 0 Å². The second-order valence-corrected chi connectivity index (χ2v) is 9.38. The number of benzene rings is 1. The SMILES string of the molecule is CC1CCCCC1NC(=O)c1ccc(CS(=O)(=O)c2cccc(C(F)(F)F)c2)o1. The quantitative estimate of drug-likeness (QED) is 0.755. The fourth-order valence-electron chi connectivity index (χ4n) is 3.48. The summed E-state index contributed by atoms with van der Waals surface area (Å²) in [6.45, 7) is 2.07. The van der Waals surface area contributed by atoms with Crippen molar-refractivity contribution in [3.8, 4) is 0 Å². The van der Waals surface area contributed by atoms with E-state index in [1.165, 1.54) is 12.1 Å². The lowest BCUT2D eigenvalue weighted by Crippen LogP contribution is -2.40.